The number of imidazole rings is 1. The summed E-state index contributed by atoms with van der Waals surface area (Å²) < 4.78 is 6.80. The van der Waals surface area contributed by atoms with Gasteiger partial charge in [-0.3, -0.25) is 4.57 Å². The van der Waals surface area contributed by atoms with E-state index in [0.717, 1.165) is 0 Å². The van der Waals surface area contributed by atoms with E-state index < -0.39 is 12.3 Å². The molecule has 2 heterocycles. The molecule has 0 spiro atoms. The Labute approximate surface area is 103 Å². The SMILES string of the molecule is NC1=NC(O)c2ncn(COC(CO)CO)c2N1. The van der Waals surface area contributed by atoms with Gasteiger partial charge in [0.2, 0.25) is 0 Å². The number of hydrogen-bond donors (Lipinski definition) is 5. The predicted molar refractivity (Wildman–Crippen MR) is 61.5 cm³/mol. The van der Waals surface area contributed by atoms with E-state index in [1.807, 2.05) is 0 Å². The van der Waals surface area contributed by atoms with E-state index in [2.05, 4.69) is 15.3 Å². The Morgan fingerprint density at radius 2 is 2.22 bits per heavy atom. The van der Waals surface area contributed by atoms with Crippen molar-refractivity contribution in [2.45, 2.75) is 19.1 Å². The van der Waals surface area contributed by atoms with Gasteiger partial charge in [-0.25, -0.2) is 9.98 Å². The molecule has 100 valence electrons. The Bertz CT molecular complexity index is 442. The molecule has 9 nitrogen and oxygen atoms in total. The van der Waals surface area contributed by atoms with Gasteiger partial charge in [0, 0.05) is 0 Å². The molecule has 1 aliphatic rings. The average Bonchev–Trinajstić information content (AvgIpc) is 2.74. The third-order valence-electron chi connectivity index (χ3n) is 2.48. The molecule has 0 aliphatic carbocycles. The van der Waals surface area contributed by atoms with Crippen LogP contribution in [0.4, 0.5) is 5.82 Å². The van der Waals surface area contributed by atoms with Gasteiger partial charge in [0.05, 0.1) is 19.5 Å². The molecule has 0 amide bonds. The molecule has 0 aromatic carbocycles. The number of rotatable bonds is 5. The highest BCUT2D eigenvalue weighted by molar-refractivity contribution is 5.93. The first-order valence-corrected chi connectivity index (χ1v) is 5.32. The predicted octanol–water partition coefficient (Wildman–Crippen LogP) is -2.06. The molecule has 1 aliphatic heterocycles. The fraction of sp³-hybridized carbons (Fsp3) is 0.556. The number of aromatic nitrogens is 2. The lowest BCUT2D eigenvalue weighted by Crippen LogP contribution is -2.30. The second kappa shape index (κ2) is 5.31. The molecular formula is C9H15N5O4. The summed E-state index contributed by atoms with van der Waals surface area (Å²) in [5.41, 5.74) is 5.84. The van der Waals surface area contributed by atoms with Crippen molar-refractivity contribution >= 4 is 11.8 Å². The quantitative estimate of drug-likeness (QED) is 0.409. The molecule has 0 saturated heterocycles. The first-order valence-electron chi connectivity index (χ1n) is 5.32. The molecule has 1 atom stereocenters. The molecule has 1 aromatic rings. The molecular weight excluding hydrogens is 242 g/mol. The van der Waals surface area contributed by atoms with Gasteiger partial charge in [-0.15, -0.1) is 0 Å². The van der Waals surface area contributed by atoms with Crippen LogP contribution in [-0.4, -0.2) is 50.1 Å². The van der Waals surface area contributed by atoms with Crippen molar-refractivity contribution in [3.05, 3.63) is 12.0 Å². The van der Waals surface area contributed by atoms with Gasteiger partial charge in [0.1, 0.15) is 24.3 Å². The zero-order valence-electron chi connectivity index (χ0n) is 9.52. The summed E-state index contributed by atoms with van der Waals surface area (Å²) in [5, 5.41) is 30.1. The van der Waals surface area contributed by atoms with E-state index >= 15 is 0 Å². The Hall–Kier alpha value is -1.68. The fourth-order valence-corrected chi connectivity index (χ4v) is 1.52. The highest BCUT2D eigenvalue weighted by Crippen LogP contribution is 2.25. The van der Waals surface area contributed by atoms with Crippen LogP contribution >= 0.6 is 0 Å². The van der Waals surface area contributed by atoms with E-state index in [0.29, 0.717) is 11.5 Å². The Morgan fingerprint density at radius 3 is 2.89 bits per heavy atom. The number of fused-ring (bicyclic) bond motifs is 1. The van der Waals surface area contributed by atoms with Gasteiger partial charge < -0.3 is 31.1 Å². The van der Waals surface area contributed by atoms with Gasteiger partial charge >= 0.3 is 0 Å². The number of ether oxygens (including phenoxy) is 1. The molecule has 0 fully saturated rings. The zero-order valence-corrected chi connectivity index (χ0v) is 9.52. The highest BCUT2D eigenvalue weighted by Gasteiger charge is 2.23. The van der Waals surface area contributed by atoms with Crippen LogP contribution in [0.5, 0.6) is 0 Å². The summed E-state index contributed by atoms with van der Waals surface area (Å²) >= 11 is 0. The number of hydrogen-bond acceptors (Lipinski definition) is 8. The van der Waals surface area contributed by atoms with Crippen LogP contribution in [0.25, 0.3) is 0 Å². The third-order valence-corrected chi connectivity index (χ3v) is 2.48. The Balaban J connectivity index is 2.08. The first-order chi connectivity index (χ1) is 8.65. The second-order valence-electron chi connectivity index (χ2n) is 3.74. The molecule has 0 bridgehead atoms. The molecule has 1 unspecified atom stereocenters. The smallest absolute Gasteiger partial charge is 0.197 e. The van der Waals surface area contributed by atoms with Crippen LogP contribution in [0.15, 0.2) is 11.3 Å². The summed E-state index contributed by atoms with van der Waals surface area (Å²) in [6.45, 7) is -0.513. The summed E-state index contributed by atoms with van der Waals surface area (Å²) in [4.78, 5) is 7.69. The lowest BCUT2D eigenvalue weighted by molar-refractivity contribution is -0.0493. The zero-order chi connectivity index (χ0) is 13.1. The molecule has 0 saturated carbocycles. The lowest BCUT2D eigenvalue weighted by Gasteiger charge is -2.19. The van der Waals surface area contributed by atoms with Gasteiger partial charge in [0.15, 0.2) is 12.2 Å². The number of nitrogens with two attached hydrogens (primary N) is 1. The molecule has 6 N–H and O–H groups in total. The molecule has 0 radical (unpaired) electrons. The summed E-state index contributed by atoms with van der Waals surface area (Å²) in [6, 6.07) is 0. The third kappa shape index (κ3) is 2.43. The number of nitrogens with zero attached hydrogens (tertiary/aromatic N) is 3. The van der Waals surface area contributed by atoms with Crippen molar-refractivity contribution in [3.63, 3.8) is 0 Å². The van der Waals surface area contributed by atoms with E-state index in [1.165, 1.54) is 6.33 Å². The second-order valence-corrected chi connectivity index (χ2v) is 3.74. The normalized spacial score (nSPS) is 18.4. The highest BCUT2D eigenvalue weighted by atomic mass is 16.5. The maximum Gasteiger partial charge on any atom is 0.197 e. The van der Waals surface area contributed by atoms with Crippen molar-refractivity contribution in [3.8, 4) is 0 Å². The van der Waals surface area contributed by atoms with Gasteiger partial charge in [-0.1, -0.05) is 0 Å². The lowest BCUT2D eigenvalue weighted by atomic mass is 10.3. The number of aliphatic hydroxyl groups excluding tert-OH is 3. The molecule has 9 heteroatoms. The van der Waals surface area contributed by atoms with Crippen molar-refractivity contribution in [1.29, 1.82) is 0 Å². The number of aliphatic imine (C=N–C) groups is 1. The summed E-state index contributed by atoms with van der Waals surface area (Å²) in [7, 11) is 0. The largest absolute Gasteiger partial charge is 0.394 e. The van der Waals surface area contributed by atoms with Gasteiger partial charge in [-0.05, 0) is 0 Å². The maximum atomic E-state index is 9.61. The number of guanidine groups is 1. The molecule has 18 heavy (non-hydrogen) atoms. The van der Waals surface area contributed by atoms with Crippen LogP contribution in [0.3, 0.4) is 0 Å². The van der Waals surface area contributed by atoms with E-state index in [1.54, 1.807) is 4.57 Å². The number of nitrogens with one attached hydrogen (secondary N) is 1. The van der Waals surface area contributed by atoms with Crippen molar-refractivity contribution < 1.29 is 20.1 Å². The summed E-state index contributed by atoms with van der Waals surface area (Å²) in [5.74, 6) is 0.558. The van der Waals surface area contributed by atoms with Crippen LogP contribution in [0.1, 0.15) is 11.9 Å². The minimum absolute atomic E-state index is 0.0567. The van der Waals surface area contributed by atoms with E-state index in [9.17, 15) is 5.11 Å². The minimum Gasteiger partial charge on any atom is -0.394 e. The molecule has 2 rings (SSSR count). The number of aliphatic hydroxyl groups is 3. The van der Waals surface area contributed by atoms with Crippen LogP contribution in [0, 0.1) is 0 Å². The monoisotopic (exact) mass is 257 g/mol. The minimum atomic E-state index is -1.10. The van der Waals surface area contributed by atoms with E-state index in [-0.39, 0.29) is 25.9 Å². The van der Waals surface area contributed by atoms with Crippen molar-refractivity contribution in [1.82, 2.24) is 9.55 Å². The van der Waals surface area contributed by atoms with E-state index in [4.69, 9.17) is 20.7 Å². The van der Waals surface area contributed by atoms with Crippen LogP contribution in [0.2, 0.25) is 0 Å². The summed E-state index contributed by atoms with van der Waals surface area (Å²) in [6.07, 6.45) is -0.322. The Kier molecular flexibility index (Phi) is 3.77. The topological polar surface area (TPSA) is 138 Å². The van der Waals surface area contributed by atoms with Crippen molar-refractivity contribution in [2.75, 3.05) is 18.5 Å². The first kappa shape index (κ1) is 12.8. The van der Waals surface area contributed by atoms with Crippen molar-refractivity contribution in [2.24, 2.45) is 10.7 Å². The standard InChI is InChI=1S/C9H15N5O4/c10-9-12-7-6(8(17)13-9)11-3-14(7)4-18-5(1-15)2-16/h3,5,8,15-17H,1-2,4H2,(H3,10,12,13). The molecule has 1 aromatic heterocycles. The number of anilines is 1. The van der Waals surface area contributed by atoms with Crippen LogP contribution < -0.4 is 11.1 Å². The average molecular weight is 257 g/mol. The van der Waals surface area contributed by atoms with Gasteiger partial charge in [-0.2, -0.15) is 0 Å². The maximum absolute atomic E-state index is 9.61. The fourth-order valence-electron chi connectivity index (χ4n) is 1.52. The Morgan fingerprint density at radius 1 is 1.50 bits per heavy atom. The van der Waals surface area contributed by atoms with Gasteiger partial charge in [0.25, 0.3) is 0 Å². The van der Waals surface area contributed by atoms with Crippen LogP contribution in [-0.2, 0) is 11.5 Å².